The molecule has 1 atom stereocenters. The molecule has 4 bridgehead atoms. The number of hydrogen-bond acceptors (Lipinski definition) is 12. The largest absolute Gasteiger partial charge is 0.507 e. The number of allylic oxidation sites excluding steroid dienone is 1. The van der Waals surface area contributed by atoms with Crippen LogP contribution < -0.4 is 9.47 Å². The summed E-state index contributed by atoms with van der Waals surface area (Å²) in [5.41, 5.74) is 6.66. The number of thiophene rings is 1. The van der Waals surface area contributed by atoms with E-state index in [0.29, 0.717) is 16.6 Å². The fourth-order valence-electron chi connectivity index (χ4n) is 10.8. The lowest BCUT2D eigenvalue weighted by molar-refractivity contribution is -0.155. The van der Waals surface area contributed by atoms with E-state index in [1.54, 1.807) is 49.8 Å². The van der Waals surface area contributed by atoms with E-state index in [-0.39, 0.29) is 48.5 Å². The van der Waals surface area contributed by atoms with Gasteiger partial charge in [-0.05, 0) is 158 Å². The molecule has 354 valence electrons. The summed E-state index contributed by atoms with van der Waals surface area (Å²) in [7, 11) is 3.20. The van der Waals surface area contributed by atoms with Crippen molar-refractivity contribution >= 4 is 46.5 Å². The quantitative estimate of drug-likeness (QED) is 0.0524. The van der Waals surface area contributed by atoms with Crippen LogP contribution in [0.2, 0.25) is 5.02 Å². The molecule has 4 saturated carbocycles. The van der Waals surface area contributed by atoms with Gasteiger partial charge in [0.2, 0.25) is 0 Å². The zero-order valence-corrected chi connectivity index (χ0v) is 41.5. The molecule has 4 aliphatic carbocycles. The number of ether oxygens (including phenoxy) is 5. The summed E-state index contributed by atoms with van der Waals surface area (Å²) in [6.45, 7) is 13.8. The molecule has 5 aliphatic rings. The van der Waals surface area contributed by atoms with Gasteiger partial charge in [0.25, 0.3) is 0 Å². The highest BCUT2D eigenvalue weighted by molar-refractivity contribution is 7.15. The number of carbonyl (C=O) groups is 2. The Balaban J connectivity index is 0.000000184. The molecule has 4 fully saturated rings. The van der Waals surface area contributed by atoms with Crippen LogP contribution in [-0.2, 0) is 24.4 Å². The minimum atomic E-state index is -0.569. The lowest BCUT2D eigenvalue weighted by Gasteiger charge is -2.57. The zero-order chi connectivity index (χ0) is 47.8. The molecule has 10 rings (SSSR count). The Morgan fingerprint density at radius 3 is 2.15 bits per heavy atom. The van der Waals surface area contributed by atoms with Crippen LogP contribution in [0.15, 0.2) is 65.7 Å². The van der Waals surface area contributed by atoms with Gasteiger partial charge < -0.3 is 28.8 Å². The van der Waals surface area contributed by atoms with Crippen molar-refractivity contribution in [3.63, 3.8) is 0 Å². The SMILES string of the molecule is COCOc1cc(OCOC)c(C23CC4CC(CC(C4)C2)C3)cc1/C=C/C(=O)c1cc(C)ccc1O.Cc1sc2c(c1C)C(c1ccc(Cl)cc1)=N[C@@H](CC(=O)OC(C)(C)C)c1nnc(C)n1-2. The minimum Gasteiger partial charge on any atom is -0.507 e. The van der Waals surface area contributed by atoms with Crippen molar-refractivity contribution in [1.82, 2.24) is 14.8 Å². The second-order valence-electron chi connectivity index (χ2n) is 19.6. The smallest absolute Gasteiger partial charge is 0.308 e. The van der Waals surface area contributed by atoms with Crippen LogP contribution in [0.1, 0.15) is 132 Å². The molecule has 2 aromatic heterocycles. The number of rotatable bonds is 13. The van der Waals surface area contributed by atoms with Gasteiger partial charge in [-0.15, -0.1) is 21.5 Å². The average molecular weight is 950 g/mol. The Hall–Kier alpha value is -5.34. The topological polar surface area (TPSA) is 144 Å². The number of fused-ring (bicyclic) bond motifs is 3. The van der Waals surface area contributed by atoms with E-state index in [4.69, 9.17) is 40.3 Å². The monoisotopic (exact) mass is 948 g/mol. The van der Waals surface area contributed by atoms with E-state index in [2.05, 4.69) is 30.1 Å². The number of aryl methyl sites for hydroxylation is 3. The number of aliphatic imine (C=N–C) groups is 1. The number of esters is 1. The standard InChI is InChI=1S/C30H36O6.C23H25ClN4O2S/c1-19-4-6-26(31)24(8-19)27(32)7-5-23-12-25(29(36-18-34-3)13-28(23)35-17-33-2)30-14-20-9-21(15-30)11-22(10-20)16-30;1-12-13(2)31-22-19(12)20(15-7-9-16(24)10-8-15)25-17(11-18(29)30-23(4,5)6)21-27-26-14(3)28(21)22/h4-8,12-13,20-22,31H,9-11,14-18H2,1-3H3;7-10,17H,11H2,1-6H3/b7-5+;/t;17-/m.0/s1. The van der Waals surface area contributed by atoms with Crippen LogP contribution in [0.25, 0.3) is 11.1 Å². The molecule has 0 spiro atoms. The molecule has 5 aromatic rings. The van der Waals surface area contributed by atoms with Gasteiger partial charge in [-0.1, -0.05) is 35.4 Å². The zero-order valence-electron chi connectivity index (χ0n) is 39.9. The van der Waals surface area contributed by atoms with Crippen LogP contribution in [0.5, 0.6) is 17.2 Å². The number of hydrogen-bond donors (Lipinski definition) is 1. The maximum atomic E-state index is 13.0. The molecular formula is C53H61ClN4O8S. The Labute approximate surface area is 402 Å². The van der Waals surface area contributed by atoms with Crippen molar-refractivity contribution in [3.05, 3.63) is 121 Å². The van der Waals surface area contributed by atoms with Gasteiger partial charge >= 0.3 is 5.97 Å². The molecule has 0 saturated heterocycles. The second kappa shape index (κ2) is 19.7. The number of halogens is 1. The summed E-state index contributed by atoms with van der Waals surface area (Å²) >= 11 is 7.82. The number of aromatic hydroxyl groups is 1. The predicted octanol–water partition coefficient (Wildman–Crippen LogP) is 11.6. The van der Waals surface area contributed by atoms with Gasteiger partial charge in [0.1, 0.15) is 39.7 Å². The number of phenols is 1. The summed E-state index contributed by atoms with van der Waals surface area (Å²) in [5.74, 6) is 4.51. The lowest BCUT2D eigenvalue weighted by Crippen LogP contribution is -2.48. The lowest BCUT2D eigenvalue weighted by atomic mass is 9.48. The Kier molecular flexibility index (Phi) is 14.2. The van der Waals surface area contributed by atoms with Crippen molar-refractivity contribution < 1.29 is 38.4 Å². The number of ketones is 1. The highest BCUT2D eigenvalue weighted by Gasteiger charge is 2.52. The highest BCUT2D eigenvalue weighted by atomic mass is 35.5. The molecule has 67 heavy (non-hydrogen) atoms. The maximum Gasteiger partial charge on any atom is 0.308 e. The van der Waals surface area contributed by atoms with Crippen molar-refractivity contribution in [3.8, 4) is 22.2 Å². The van der Waals surface area contributed by atoms with Crippen LogP contribution >= 0.6 is 22.9 Å². The van der Waals surface area contributed by atoms with Gasteiger partial charge in [-0.25, -0.2) is 0 Å². The first-order chi connectivity index (χ1) is 31.9. The number of phenolic OH excluding ortho intramolecular Hbond substituents is 1. The number of benzene rings is 3. The number of aromatic nitrogens is 3. The summed E-state index contributed by atoms with van der Waals surface area (Å²) in [4.78, 5) is 32.0. The molecule has 14 heteroatoms. The van der Waals surface area contributed by atoms with E-state index in [9.17, 15) is 14.7 Å². The summed E-state index contributed by atoms with van der Waals surface area (Å²) in [5, 5.41) is 20.6. The van der Waals surface area contributed by atoms with Gasteiger partial charge in [0, 0.05) is 52.4 Å². The first kappa shape index (κ1) is 48.1. The molecule has 1 N–H and O–H groups in total. The summed E-state index contributed by atoms with van der Waals surface area (Å²) in [6, 6.07) is 16.2. The average Bonchev–Trinajstić information content (AvgIpc) is 3.75. The van der Waals surface area contributed by atoms with E-state index in [0.717, 1.165) is 67.9 Å². The summed E-state index contributed by atoms with van der Waals surface area (Å²) in [6.07, 6.45) is 11.0. The first-order valence-corrected chi connectivity index (χ1v) is 24.2. The fourth-order valence-corrected chi connectivity index (χ4v) is 12.2. The molecule has 3 aromatic carbocycles. The Bertz CT molecular complexity index is 2680. The third-order valence-corrected chi connectivity index (χ3v) is 14.8. The van der Waals surface area contributed by atoms with Crippen LogP contribution in [0, 0.1) is 45.4 Å². The number of carbonyl (C=O) groups excluding carboxylic acids is 2. The van der Waals surface area contributed by atoms with Gasteiger partial charge in [-0.3, -0.25) is 19.1 Å². The Morgan fingerprint density at radius 1 is 0.881 bits per heavy atom. The summed E-state index contributed by atoms with van der Waals surface area (Å²) < 4.78 is 30.0. The first-order valence-electron chi connectivity index (χ1n) is 23.0. The molecule has 0 amide bonds. The van der Waals surface area contributed by atoms with Crippen LogP contribution in [-0.4, -0.2) is 70.7 Å². The highest BCUT2D eigenvalue weighted by Crippen LogP contribution is 2.62. The molecule has 0 radical (unpaired) electrons. The van der Waals surface area contributed by atoms with Crippen molar-refractivity contribution in [2.24, 2.45) is 22.7 Å². The van der Waals surface area contributed by atoms with E-state index < -0.39 is 11.6 Å². The third kappa shape index (κ3) is 10.4. The van der Waals surface area contributed by atoms with Gasteiger partial charge in [0.05, 0.1) is 17.7 Å². The Morgan fingerprint density at radius 2 is 1.52 bits per heavy atom. The number of methoxy groups -OCH3 is 2. The van der Waals surface area contributed by atoms with Crippen LogP contribution in [0.3, 0.4) is 0 Å². The molecule has 12 nitrogen and oxygen atoms in total. The minimum absolute atomic E-state index is 0.0244. The maximum absolute atomic E-state index is 13.0. The molecule has 1 aliphatic heterocycles. The normalized spacial score (nSPS) is 21.5. The predicted molar refractivity (Wildman–Crippen MR) is 261 cm³/mol. The van der Waals surface area contributed by atoms with E-state index in [1.807, 2.05) is 69.5 Å². The van der Waals surface area contributed by atoms with Crippen molar-refractivity contribution in [2.45, 2.75) is 110 Å². The van der Waals surface area contributed by atoms with E-state index >= 15 is 0 Å². The van der Waals surface area contributed by atoms with E-state index in [1.165, 1.54) is 55.0 Å². The van der Waals surface area contributed by atoms with Gasteiger partial charge in [-0.2, -0.15) is 0 Å². The van der Waals surface area contributed by atoms with Crippen molar-refractivity contribution in [1.29, 1.82) is 0 Å². The molecule has 0 unspecified atom stereocenters. The number of nitrogens with zero attached hydrogens (tertiary/aromatic N) is 4. The molecular weight excluding hydrogens is 888 g/mol. The van der Waals surface area contributed by atoms with Crippen LogP contribution in [0.4, 0.5) is 0 Å². The molecule has 3 heterocycles. The second-order valence-corrected chi connectivity index (χ2v) is 21.2. The van der Waals surface area contributed by atoms with Crippen molar-refractivity contribution in [2.75, 3.05) is 27.8 Å². The third-order valence-electron chi connectivity index (χ3n) is 13.4. The van der Waals surface area contributed by atoms with Gasteiger partial charge in [0.15, 0.2) is 25.2 Å². The fraction of sp³-hybridized carbons (Fsp3) is 0.453.